The number of carbonyl (C=O) groups excluding carboxylic acids is 1. The molecule has 4 nitrogen and oxygen atoms in total. The molecule has 21 heavy (non-hydrogen) atoms. The van der Waals surface area contributed by atoms with Gasteiger partial charge in [-0.3, -0.25) is 4.79 Å². The Hall–Kier alpha value is -0.810. The van der Waals surface area contributed by atoms with Gasteiger partial charge >= 0.3 is 0 Å². The van der Waals surface area contributed by atoms with Crippen LogP contribution in [0.5, 0.6) is 0 Å². The molecule has 0 aliphatic carbocycles. The van der Waals surface area contributed by atoms with Gasteiger partial charge in [0.15, 0.2) is 6.04 Å². The van der Waals surface area contributed by atoms with E-state index >= 15 is 0 Å². The molecule has 0 aromatic heterocycles. The van der Waals surface area contributed by atoms with E-state index in [1.807, 2.05) is 20.8 Å². The van der Waals surface area contributed by atoms with Crippen molar-refractivity contribution >= 4 is 34.8 Å². The molecule has 1 heterocycles. The standard InChI is InChI=1S/C15H20Cl2N2O2/c1-9-7-19(8-10(2)21-9)11(3)15(20)18-14-6-12(16)4-5-13(14)17/h4-6,9-11H,7-8H2,1-3H3,(H,18,20)/p+1/t9-,10-,11-/m0/s1. The van der Waals surface area contributed by atoms with E-state index in [9.17, 15) is 4.79 Å². The first-order valence-corrected chi connectivity index (χ1v) is 7.88. The van der Waals surface area contributed by atoms with Crippen molar-refractivity contribution in [2.75, 3.05) is 18.4 Å². The largest absolute Gasteiger partial charge is 0.364 e. The summed E-state index contributed by atoms with van der Waals surface area (Å²) in [6, 6.07) is 4.86. The Balaban J connectivity index is 2.04. The minimum absolute atomic E-state index is 0.0598. The zero-order valence-corrected chi connectivity index (χ0v) is 14.0. The van der Waals surface area contributed by atoms with Gasteiger partial charge in [0.05, 0.1) is 10.7 Å². The highest BCUT2D eigenvalue weighted by Gasteiger charge is 2.33. The highest BCUT2D eigenvalue weighted by molar-refractivity contribution is 6.35. The summed E-state index contributed by atoms with van der Waals surface area (Å²) in [5.41, 5.74) is 0.551. The molecule has 2 N–H and O–H groups in total. The topological polar surface area (TPSA) is 42.8 Å². The van der Waals surface area contributed by atoms with Crippen molar-refractivity contribution in [2.45, 2.75) is 39.0 Å². The average molecular weight is 332 g/mol. The molecular formula is C15H21Cl2N2O2+. The summed E-state index contributed by atoms with van der Waals surface area (Å²) in [7, 11) is 0. The Morgan fingerprint density at radius 3 is 2.57 bits per heavy atom. The summed E-state index contributed by atoms with van der Waals surface area (Å²) in [5, 5.41) is 3.89. The fraction of sp³-hybridized carbons (Fsp3) is 0.533. The van der Waals surface area contributed by atoms with E-state index in [1.165, 1.54) is 4.90 Å². The zero-order chi connectivity index (χ0) is 15.6. The summed E-state index contributed by atoms with van der Waals surface area (Å²) in [6.07, 6.45) is 0.322. The Morgan fingerprint density at radius 2 is 1.95 bits per heavy atom. The van der Waals surface area contributed by atoms with E-state index < -0.39 is 0 Å². The fourth-order valence-corrected chi connectivity index (χ4v) is 3.02. The molecule has 1 aliphatic rings. The summed E-state index contributed by atoms with van der Waals surface area (Å²) >= 11 is 12.0. The number of halogens is 2. The summed E-state index contributed by atoms with van der Waals surface area (Å²) in [4.78, 5) is 13.6. The van der Waals surface area contributed by atoms with Gasteiger partial charge in [-0.2, -0.15) is 0 Å². The van der Waals surface area contributed by atoms with Crippen LogP contribution in [0.25, 0.3) is 0 Å². The van der Waals surface area contributed by atoms with E-state index in [1.54, 1.807) is 18.2 Å². The van der Waals surface area contributed by atoms with E-state index in [0.717, 1.165) is 13.1 Å². The molecular weight excluding hydrogens is 311 g/mol. The molecule has 0 unspecified atom stereocenters. The molecule has 2 rings (SSSR count). The van der Waals surface area contributed by atoms with Crippen molar-refractivity contribution in [1.29, 1.82) is 0 Å². The first kappa shape index (κ1) is 16.6. The van der Waals surface area contributed by atoms with Crippen LogP contribution in [0.4, 0.5) is 5.69 Å². The molecule has 0 saturated carbocycles. The number of nitrogens with one attached hydrogen (secondary N) is 2. The number of carbonyl (C=O) groups is 1. The number of hydrogen-bond donors (Lipinski definition) is 2. The molecule has 3 atom stereocenters. The van der Waals surface area contributed by atoms with Gasteiger partial charge in [-0.15, -0.1) is 0 Å². The average Bonchev–Trinajstić information content (AvgIpc) is 2.41. The van der Waals surface area contributed by atoms with Crippen LogP contribution in [0.2, 0.25) is 10.0 Å². The molecule has 0 radical (unpaired) electrons. The maximum Gasteiger partial charge on any atom is 0.282 e. The summed E-state index contributed by atoms with van der Waals surface area (Å²) in [6.45, 7) is 7.64. The van der Waals surface area contributed by atoms with Crippen LogP contribution in [0.1, 0.15) is 20.8 Å². The van der Waals surface area contributed by atoms with E-state index in [0.29, 0.717) is 15.7 Å². The van der Waals surface area contributed by atoms with Crippen molar-refractivity contribution in [3.63, 3.8) is 0 Å². The van der Waals surface area contributed by atoms with Crippen LogP contribution in [0, 0.1) is 0 Å². The van der Waals surface area contributed by atoms with E-state index in [-0.39, 0.29) is 24.2 Å². The number of benzene rings is 1. The molecule has 116 valence electrons. The SMILES string of the molecule is C[C@H]1C[NH+]([C@@H](C)C(=O)Nc2cc(Cl)ccc2Cl)C[C@H](C)O1. The molecule has 0 spiro atoms. The smallest absolute Gasteiger partial charge is 0.282 e. The first-order valence-electron chi connectivity index (χ1n) is 7.12. The normalized spacial score (nSPS) is 27.2. The molecule has 1 fully saturated rings. The Labute approximate surface area is 135 Å². The Morgan fingerprint density at radius 1 is 1.33 bits per heavy atom. The monoisotopic (exact) mass is 331 g/mol. The van der Waals surface area contributed by atoms with Crippen molar-refractivity contribution in [2.24, 2.45) is 0 Å². The number of anilines is 1. The number of morpholine rings is 1. The second kappa shape index (κ2) is 6.97. The number of ether oxygens (including phenoxy) is 1. The van der Waals surface area contributed by atoms with Crippen molar-refractivity contribution in [1.82, 2.24) is 0 Å². The van der Waals surface area contributed by atoms with Gasteiger partial charge in [-0.25, -0.2) is 0 Å². The highest BCUT2D eigenvalue weighted by atomic mass is 35.5. The van der Waals surface area contributed by atoms with Crippen molar-refractivity contribution < 1.29 is 14.4 Å². The molecule has 1 saturated heterocycles. The molecule has 1 aliphatic heterocycles. The molecule has 1 aromatic rings. The molecule has 6 heteroatoms. The lowest BCUT2D eigenvalue weighted by molar-refractivity contribution is -0.928. The van der Waals surface area contributed by atoms with Crippen LogP contribution in [0.3, 0.4) is 0 Å². The third-order valence-electron chi connectivity index (χ3n) is 3.76. The number of quaternary nitrogens is 1. The van der Waals surface area contributed by atoms with Gasteiger partial charge < -0.3 is 15.0 Å². The number of rotatable bonds is 3. The minimum Gasteiger partial charge on any atom is -0.364 e. The predicted octanol–water partition coefficient (Wildman–Crippen LogP) is 2.01. The second-order valence-corrected chi connectivity index (χ2v) is 6.50. The van der Waals surface area contributed by atoms with Gasteiger partial charge in [0.2, 0.25) is 0 Å². The maximum atomic E-state index is 12.4. The molecule has 1 aromatic carbocycles. The van der Waals surface area contributed by atoms with Crippen LogP contribution in [-0.4, -0.2) is 37.2 Å². The Bertz CT molecular complexity index is 514. The fourth-order valence-electron chi connectivity index (χ4n) is 2.69. The number of amides is 1. The highest BCUT2D eigenvalue weighted by Crippen LogP contribution is 2.25. The second-order valence-electron chi connectivity index (χ2n) is 5.66. The third kappa shape index (κ3) is 4.33. The van der Waals surface area contributed by atoms with Crippen LogP contribution in [0.15, 0.2) is 18.2 Å². The number of hydrogen-bond acceptors (Lipinski definition) is 2. The van der Waals surface area contributed by atoms with Crippen LogP contribution in [-0.2, 0) is 9.53 Å². The lowest BCUT2D eigenvalue weighted by Crippen LogP contribution is -3.19. The molecule has 0 bridgehead atoms. The first-order chi connectivity index (χ1) is 9.86. The van der Waals surface area contributed by atoms with Gasteiger partial charge in [-0.05, 0) is 39.0 Å². The van der Waals surface area contributed by atoms with Crippen LogP contribution >= 0.6 is 23.2 Å². The van der Waals surface area contributed by atoms with Gasteiger partial charge in [0.25, 0.3) is 5.91 Å². The summed E-state index contributed by atoms with van der Waals surface area (Å²) in [5.74, 6) is -0.0598. The molecule has 1 amide bonds. The van der Waals surface area contributed by atoms with Crippen molar-refractivity contribution in [3.05, 3.63) is 28.2 Å². The summed E-state index contributed by atoms with van der Waals surface area (Å²) < 4.78 is 5.71. The van der Waals surface area contributed by atoms with Crippen molar-refractivity contribution in [3.8, 4) is 0 Å². The third-order valence-corrected chi connectivity index (χ3v) is 4.32. The predicted molar refractivity (Wildman–Crippen MR) is 85.3 cm³/mol. The lowest BCUT2D eigenvalue weighted by Gasteiger charge is -2.35. The lowest BCUT2D eigenvalue weighted by atomic mass is 10.1. The zero-order valence-electron chi connectivity index (χ0n) is 12.5. The maximum absolute atomic E-state index is 12.4. The Kier molecular flexibility index (Phi) is 5.49. The van der Waals surface area contributed by atoms with E-state index in [4.69, 9.17) is 27.9 Å². The van der Waals surface area contributed by atoms with Gasteiger partial charge in [0.1, 0.15) is 25.3 Å². The van der Waals surface area contributed by atoms with Crippen LogP contribution < -0.4 is 10.2 Å². The van der Waals surface area contributed by atoms with E-state index in [2.05, 4.69) is 5.32 Å². The van der Waals surface area contributed by atoms with Gasteiger partial charge in [0, 0.05) is 5.02 Å². The minimum atomic E-state index is -0.172. The van der Waals surface area contributed by atoms with Gasteiger partial charge in [-0.1, -0.05) is 23.2 Å². The quantitative estimate of drug-likeness (QED) is 0.889.